The van der Waals surface area contributed by atoms with Crippen LogP contribution in [0.25, 0.3) is 22.8 Å². The fourth-order valence-corrected chi connectivity index (χ4v) is 3.78. The fourth-order valence-electron chi connectivity index (χ4n) is 3.78. The quantitative estimate of drug-likeness (QED) is 0.362. The molecular weight excluding hydrogens is 436 g/mol. The van der Waals surface area contributed by atoms with E-state index >= 15 is 0 Å². The number of hydrogen-bond acceptors (Lipinski definition) is 9. The third-order valence-corrected chi connectivity index (χ3v) is 5.56. The normalized spacial score (nSPS) is 15.3. The maximum Gasteiger partial charge on any atom is 0.439 e. The average Bonchev–Trinajstić information content (AvgIpc) is 3.56. The number of nitrogens with one attached hydrogen (secondary N) is 3. The Bertz CT molecular complexity index is 1310. The third kappa shape index (κ3) is 4.91. The van der Waals surface area contributed by atoms with Crippen LogP contribution in [0.3, 0.4) is 0 Å². The Morgan fingerprint density at radius 1 is 1.15 bits per heavy atom. The number of methoxy groups -OCH3 is 1. The van der Waals surface area contributed by atoms with E-state index in [1.807, 2.05) is 48.5 Å². The number of benzene rings is 2. The summed E-state index contributed by atoms with van der Waals surface area (Å²) in [5, 5.41) is 10.6. The minimum absolute atomic E-state index is 0.337. The zero-order valence-electron chi connectivity index (χ0n) is 18.6. The number of rotatable bonds is 8. The smallest absolute Gasteiger partial charge is 0.439 e. The van der Waals surface area contributed by atoms with Gasteiger partial charge in [-0.2, -0.15) is 4.98 Å². The van der Waals surface area contributed by atoms with Gasteiger partial charge in [-0.1, -0.05) is 23.4 Å². The van der Waals surface area contributed by atoms with Crippen molar-refractivity contribution in [3.63, 3.8) is 0 Å². The Morgan fingerprint density at radius 3 is 2.71 bits per heavy atom. The highest BCUT2D eigenvalue weighted by Gasteiger charge is 2.17. The highest BCUT2D eigenvalue weighted by Crippen LogP contribution is 2.31. The molecule has 1 aliphatic rings. The summed E-state index contributed by atoms with van der Waals surface area (Å²) >= 11 is 0. The van der Waals surface area contributed by atoms with Crippen LogP contribution in [0.4, 0.5) is 5.69 Å². The van der Waals surface area contributed by atoms with Crippen molar-refractivity contribution in [2.75, 3.05) is 25.5 Å². The minimum atomic E-state index is -0.612. The Kier molecular flexibility index (Phi) is 6.21. The molecule has 10 nitrogen and oxygen atoms in total. The van der Waals surface area contributed by atoms with Crippen LogP contribution >= 0.6 is 0 Å². The van der Waals surface area contributed by atoms with Crippen molar-refractivity contribution in [2.24, 2.45) is 0 Å². The van der Waals surface area contributed by atoms with Gasteiger partial charge in [0, 0.05) is 23.7 Å². The van der Waals surface area contributed by atoms with Crippen molar-refractivity contribution < 1.29 is 14.0 Å². The lowest BCUT2D eigenvalue weighted by atomic mass is 10.1. The maximum atomic E-state index is 11.3. The van der Waals surface area contributed by atoms with Gasteiger partial charge in [-0.15, -0.1) is 0 Å². The molecule has 1 saturated heterocycles. The topological polar surface area (TPSA) is 127 Å². The number of H-pyrrole nitrogens is 1. The van der Waals surface area contributed by atoms with Crippen LogP contribution in [-0.4, -0.2) is 46.3 Å². The van der Waals surface area contributed by atoms with Crippen LogP contribution in [0, 0.1) is 0 Å². The Hall–Kier alpha value is -4.18. The second-order valence-electron chi connectivity index (χ2n) is 7.89. The third-order valence-electron chi connectivity index (χ3n) is 5.56. The monoisotopic (exact) mass is 460 g/mol. The molecule has 34 heavy (non-hydrogen) atoms. The van der Waals surface area contributed by atoms with Crippen LogP contribution < -0.4 is 25.9 Å². The summed E-state index contributed by atoms with van der Waals surface area (Å²) in [6.45, 7) is 1.78. The molecule has 0 saturated carbocycles. The first-order chi connectivity index (χ1) is 16.7. The first kappa shape index (κ1) is 21.7. The number of ether oxygens (including phenoxy) is 2. The number of aromatic nitrogens is 4. The molecule has 10 heteroatoms. The SMILES string of the molecule is COc1ccc(Oc2nc(-c3cccc(-c4noc(=O)[nH]4)c3)ncc2NC[C@@H]2CCCN2)cc1. The van der Waals surface area contributed by atoms with Gasteiger partial charge in [0.2, 0.25) is 5.88 Å². The highest BCUT2D eigenvalue weighted by atomic mass is 16.5. The summed E-state index contributed by atoms with van der Waals surface area (Å²) in [5.41, 5.74) is 2.12. The van der Waals surface area contributed by atoms with Crippen molar-refractivity contribution in [3.05, 3.63) is 65.3 Å². The standard InChI is InChI=1S/C24H24N6O4/c1-32-18-7-9-19(10-8-18)33-23-20(26-13-17-6-3-11-25-17)14-27-21(28-23)15-4-2-5-16(12-15)22-29-24(31)34-30-22/h2,4-5,7-10,12,14,17,25-26H,3,6,11,13H2,1H3,(H,29,30,31)/t17-/m0/s1. The van der Waals surface area contributed by atoms with E-state index in [1.54, 1.807) is 13.3 Å². The van der Waals surface area contributed by atoms with Gasteiger partial charge in [0.25, 0.3) is 0 Å². The molecule has 5 rings (SSSR count). The lowest BCUT2D eigenvalue weighted by molar-refractivity contribution is 0.388. The Balaban J connectivity index is 1.45. The number of aromatic amines is 1. The number of anilines is 1. The summed E-state index contributed by atoms with van der Waals surface area (Å²) in [4.78, 5) is 23.1. The van der Waals surface area contributed by atoms with Crippen molar-refractivity contribution in [2.45, 2.75) is 18.9 Å². The molecule has 1 fully saturated rings. The van der Waals surface area contributed by atoms with Crippen molar-refractivity contribution in [1.82, 2.24) is 25.4 Å². The maximum absolute atomic E-state index is 11.3. The number of nitrogens with zero attached hydrogens (tertiary/aromatic N) is 3. The van der Waals surface area contributed by atoms with Crippen molar-refractivity contribution >= 4 is 5.69 Å². The van der Waals surface area contributed by atoms with Gasteiger partial charge in [-0.25, -0.2) is 9.78 Å². The van der Waals surface area contributed by atoms with E-state index in [9.17, 15) is 4.79 Å². The van der Waals surface area contributed by atoms with E-state index < -0.39 is 5.76 Å². The average molecular weight is 460 g/mol. The van der Waals surface area contributed by atoms with E-state index in [2.05, 4.69) is 30.3 Å². The Labute approximate surface area is 195 Å². The molecule has 0 bridgehead atoms. The highest BCUT2D eigenvalue weighted by molar-refractivity contribution is 5.67. The Morgan fingerprint density at radius 2 is 1.97 bits per heavy atom. The summed E-state index contributed by atoms with van der Waals surface area (Å²) in [7, 11) is 1.62. The molecule has 4 aromatic rings. The summed E-state index contributed by atoms with van der Waals surface area (Å²) in [6.07, 6.45) is 4.02. The molecule has 0 radical (unpaired) electrons. The first-order valence-corrected chi connectivity index (χ1v) is 11.0. The molecule has 3 N–H and O–H groups in total. The summed E-state index contributed by atoms with van der Waals surface area (Å²) < 4.78 is 16.0. The van der Waals surface area contributed by atoms with Crippen LogP contribution in [0.1, 0.15) is 12.8 Å². The molecule has 0 unspecified atom stereocenters. The molecule has 1 atom stereocenters. The molecule has 0 aliphatic carbocycles. The van der Waals surface area contributed by atoms with Crippen molar-refractivity contribution in [3.8, 4) is 40.2 Å². The van der Waals surface area contributed by atoms with Crippen LogP contribution in [0.5, 0.6) is 17.4 Å². The molecule has 1 aliphatic heterocycles. The predicted molar refractivity (Wildman–Crippen MR) is 126 cm³/mol. The van der Waals surface area contributed by atoms with Crippen LogP contribution in [-0.2, 0) is 0 Å². The molecule has 174 valence electrons. The predicted octanol–water partition coefficient (Wildman–Crippen LogP) is 3.45. The van der Waals surface area contributed by atoms with Gasteiger partial charge in [0.05, 0.1) is 13.3 Å². The van der Waals surface area contributed by atoms with Gasteiger partial charge >= 0.3 is 5.76 Å². The fraction of sp³-hybridized carbons (Fsp3) is 0.250. The van der Waals surface area contributed by atoms with Gasteiger partial charge < -0.3 is 20.1 Å². The molecule has 0 spiro atoms. The second kappa shape index (κ2) is 9.75. The van der Waals surface area contributed by atoms with E-state index in [0.717, 1.165) is 30.8 Å². The molecule has 3 heterocycles. The van der Waals surface area contributed by atoms with E-state index in [4.69, 9.17) is 14.5 Å². The van der Waals surface area contributed by atoms with Crippen LogP contribution in [0.15, 0.2) is 64.0 Å². The van der Waals surface area contributed by atoms with Gasteiger partial charge in [0.1, 0.15) is 17.2 Å². The van der Waals surface area contributed by atoms with Crippen molar-refractivity contribution in [1.29, 1.82) is 0 Å². The lowest BCUT2D eigenvalue weighted by Crippen LogP contribution is -2.29. The zero-order valence-corrected chi connectivity index (χ0v) is 18.6. The van der Waals surface area contributed by atoms with Gasteiger partial charge in [0.15, 0.2) is 11.6 Å². The van der Waals surface area contributed by atoms with Gasteiger partial charge in [-0.05, 0) is 49.7 Å². The van der Waals surface area contributed by atoms with E-state index in [1.165, 1.54) is 6.42 Å². The van der Waals surface area contributed by atoms with E-state index in [0.29, 0.717) is 40.6 Å². The summed E-state index contributed by atoms with van der Waals surface area (Å²) in [6, 6.07) is 15.1. The molecule has 0 amide bonds. The lowest BCUT2D eigenvalue weighted by Gasteiger charge is -2.16. The molecular formula is C24H24N6O4. The molecule has 2 aromatic heterocycles. The van der Waals surface area contributed by atoms with E-state index in [-0.39, 0.29) is 0 Å². The first-order valence-electron chi connectivity index (χ1n) is 11.0. The minimum Gasteiger partial charge on any atom is -0.497 e. The largest absolute Gasteiger partial charge is 0.497 e. The summed E-state index contributed by atoms with van der Waals surface area (Å²) in [5.74, 6) is 1.97. The number of hydrogen-bond donors (Lipinski definition) is 3. The van der Waals surface area contributed by atoms with Crippen LogP contribution in [0.2, 0.25) is 0 Å². The zero-order chi connectivity index (χ0) is 23.3. The molecule has 2 aromatic carbocycles. The van der Waals surface area contributed by atoms with Gasteiger partial charge in [-0.3, -0.25) is 9.51 Å². The second-order valence-corrected chi connectivity index (χ2v) is 7.89.